The monoisotopic (exact) mass is 610 g/mol. The second-order valence-corrected chi connectivity index (χ2v) is 12.2. The van der Waals surface area contributed by atoms with Gasteiger partial charge in [-0.1, -0.05) is 140 Å². The summed E-state index contributed by atoms with van der Waals surface area (Å²) in [6, 6.07) is 51.3. The summed E-state index contributed by atoms with van der Waals surface area (Å²) in [7, 11) is 0. The fourth-order valence-electron chi connectivity index (χ4n) is 7.30. The molecule has 4 nitrogen and oxygen atoms in total. The topological polar surface area (TPSA) is 51.6 Å². The maximum atomic E-state index is 5.30. The summed E-state index contributed by atoms with van der Waals surface area (Å²) in [4.78, 5) is 20.3. The second-order valence-electron chi connectivity index (χ2n) is 12.2. The van der Waals surface area contributed by atoms with Gasteiger partial charge in [0.15, 0.2) is 0 Å². The van der Waals surface area contributed by atoms with E-state index in [9.17, 15) is 0 Å². The lowest BCUT2D eigenvalue weighted by atomic mass is 9.80. The van der Waals surface area contributed by atoms with Crippen molar-refractivity contribution < 1.29 is 0 Å². The summed E-state index contributed by atoms with van der Waals surface area (Å²) in [5.41, 5.74) is 16.6. The Morgan fingerprint density at radius 1 is 0.292 bits per heavy atom. The van der Waals surface area contributed by atoms with Gasteiger partial charge in [0, 0.05) is 21.9 Å². The number of nitrogens with zero attached hydrogens (tertiary/aromatic N) is 4. The molecule has 222 valence electrons. The molecule has 7 aromatic carbocycles. The SMILES string of the molecule is c1ccc(-c2cnc3c(n2)c2ccccc2c2nc(-c4ccc5c(c4)-c4ccccc4-c4ccccc4-c4ccccc4-5)cnc23)cc1. The molecule has 4 heteroatoms. The average Bonchev–Trinajstić information content (AvgIpc) is 3.17. The zero-order valence-electron chi connectivity index (χ0n) is 25.8. The van der Waals surface area contributed by atoms with Crippen LogP contribution in [0.25, 0.3) is 99.9 Å². The van der Waals surface area contributed by atoms with E-state index in [4.69, 9.17) is 19.9 Å². The van der Waals surface area contributed by atoms with Crippen LogP contribution >= 0.6 is 0 Å². The molecular weight excluding hydrogens is 585 g/mol. The number of aromatic nitrogens is 4. The molecule has 0 aliphatic heterocycles. The van der Waals surface area contributed by atoms with Crippen LogP contribution in [-0.2, 0) is 0 Å². The van der Waals surface area contributed by atoms with E-state index in [0.717, 1.165) is 55.4 Å². The van der Waals surface area contributed by atoms with Gasteiger partial charge >= 0.3 is 0 Å². The minimum Gasteiger partial charge on any atom is -0.250 e. The Morgan fingerprint density at radius 2 is 0.688 bits per heavy atom. The molecule has 48 heavy (non-hydrogen) atoms. The van der Waals surface area contributed by atoms with Gasteiger partial charge < -0.3 is 0 Å². The summed E-state index contributed by atoms with van der Waals surface area (Å²) in [5.74, 6) is 0. The molecule has 0 saturated carbocycles. The van der Waals surface area contributed by atoms with E-state index in [-0.39, 0.29) is 0 Å². The van der Waals surface area contributed by atoms with Gasteiger partial charge in [0.1, 0.15) is 11.0 Å². The number of fused-ring (bicyclic) bond motifs is 14. The van der Waals surface area contributed by atoms with Crippen LogP contribution in [0.5, 0.6) is 0 Å². The van der Waals surface area contributed by atoms with Crippen LogP contribution in [0.1, 0.15) is 0 Å². The van der Waals surface area contributed by atoms with Crippen LogP contribution in [0.15, 0.2) is 158 Å². The van der Waals surface area contributed by atoms with Crippen molar-refractivity contribution in [2.45, 2.75) is 0 Å². The fourth-order valence-corrected chi connectivity index (χ4v) is 7.30. The molecule has 1 aliphatic rings. The van der Waals surface area contributed by atoms with Crippen LogP contribution in [0.4, 0.5) is 0 Å². The van der Waals surface area contributed by atoms with Gasteiger partial charge in [-0.05, 0) is 50.6 Å². The average molecular weight is 611 g/mol. The third kappa shape index (κ3) is 4.03. The summed E-state index contributed by atoms with van der Waals surface area (Å²) in [6.07, 6.45) is 3.72. The second kappa shape index (κ2) is 10.5. The largest absolute Gasteiger partial charge is 0.250 e. The van der Waals surface area contributed by atoms with Crippen LogP contribution in [0.2, 0.25) is 0 Å². The third-order valence-corrected chi connectivity index (χ3v) is 9.53. The summed E-state index contributed by atoms with van der Waals surface area (Å²) >= 11 is 0. The molecule has 2 heterocycles. The molecule has 0 fully saturated rings. The normalized spacial score (nSPS) is 11.8. The quantitative estimate of drug-likeness (QED) is 0.183. The van der Waals surface area contributed by atoms with Crippen LogP contribution in [0, 0.1) is 0 Å². The van der Waals surface area contributed by atoms with Crippen molar-refractivity contribution in [2.75, 3.05) is 0 Å². The molecule has 0 spiro atoms. The van der Waals surface area contributed by atoms with E-state index in [1.165, 1.54) is 44.5 Å². The lowest BCUT2D eigenvalue weighted by Crippen LogP contribution is -1.98. The van der Waals surface area contributed by atoms with Crippen molar-refractivity contribution in [3.63, 3.8) is 0 Å². The lowest BCUT2D eigenvalue weighted by Gasteiger charge is -2.23. The fraction of sp³-hybridized carbons (Fsp3) is 0. The number of benzene rings is 7. The number of hydrogen-bond donors (Lipinski definition) is 0. The van der Waals surface area contributed by atoms with E-state index in [2.05, 4.69) is 115 Å². The lowest BCUT2D eigenvalue weighted by molar-refractivity contribution is 1.27. The van der Waals surface area contributed by atoms with Gasteiger partial charge in [-0.3, -0.25) is 0 Å². The summed E-state index contributed by atoms with van der Waals surface area (Å²) < 4.78 is 0. The zero-order valence-corrected chi connectivity index (χ0v) is 25.8. The predicted octanol–water partition coefficient (Wildman–Crippen LogP) is 11.0. The highest BCUT2D eigenvalue weighted by Gasteiger charge is 2.22. The molecule has 10 rings (SSSR count). The minimum atomic E-state index is 0.752. The molecule has 0 atom stereocenters. The predicted molar refractivity (Wildman–Crippen MR) is 196 cm³/mol. The van der Waals surface area contributed by atoms with E-state index in [1.807, 2.05) is 42.7 Å². The smallest absolute Gasteiger partial charge is 0.117 e. The van der Waals surface area contributed by atoms with E-state index >= 15 is 0 Å². The summed E-state index contributed by atoms with van der Waals surface area (Å²) in [5, 5.41) is 2.02. The Morgan fingerprint density at radius 3 is 1.19 bits per heavy atom. The van der Waals surface area contributed by atoms with Crippen molar-refractivity contribution in [3.8, 4) is 67.0 Å². The van der Waals surface area contributed by atoms with Gasteiger partial charge in [0.05, 0.1) is 34.8 Å². The Balaban J connectivity index is 1.20. The van der Waals surface area contributed by atoms with Crippen molar-refractivity contribution in [3.05, 3.63) is 158 Å². The molecule has 1 aliphatic carbocycles. The first kappa shape index (κ1) is 26.7. The zero-order chi connectivity index (χ0) is 31.6. The minimum absolute atomic E-state index is 0.752. The van der Waals surface area contributed by atoms with Gasteiger partial charge in [0.2, 0.25) is 0 Å². The first-order valence-electron chi connectivity index (χ1n) is 16.1. The molecule has 9 aromatic rings. The maximum absolute atomic E-state index is 5.30. The molecule has 0 radical (unpaired) electrons. The highest BCUT2D eigenvalue weighted by Crippen LogP contribution is 2.48. The van der Waals surface area contributed by atoms with E-state index in [1.54, 1.807) is 0 Å². The van der Waals surface area contributed by atoms with Crippen molar-refractivity contribution in [1.82, 2.24) is 19.9 Å². The van der Waals surface area contributed by atoms with E-state index in [0.29, 0.717) is 0 Å². The van der Waals surface area contributed by atoms with Gasteiger partial charge in [-0.2, -0.15) is 0 Å². The standard InChI is InChI=1S/C44H26N4/c1-2-12-27(13-3-1)39-25-45-43-41(47-39)36-20-10-11-21-37(36)42-44(43)46-26-40(48-42)28-22-23-35-33-18-7-6-16-31(33)29-14-4-5-15-30(29)32-17-8-9-19-34(32)38(35)24-28/h1-26H. The Kier molecular flexibility index (Phi) is 5.84. The molecule has 0 saturated heterocycles. The number of hydrogen-bond acceptors (Lipinski definition) is 4. The van der Waals surface area contributed by atoms with Crippen molar-refractivity contribution >= 4 is 32.8 Å². The first-order valence-corrected chi connectivity index (χ1v) is 16.1. The molecule has 2 aromatic heterocycles. The molecule has 0 unspecified atom stereocenters. The van der Waals surface area contributed by atoms with Crippen molar-refractivity contribution in [2.24, 2.45) is 0 Å². The maximum Gasteiger partial charge on any atom is 0.117 e. The Bertz CT molecular complexity index is 2710. The third-order valence-electron chi connectivity index (χ3n) is 9.53. The molecule has 0 N–H and O–H groups in total. The highest BCUT2D eigenvalue weighted by molar-refractivity contribution is 6.21. The van der Waals surface area contributed by atoms with Crippen LogP contribution < -0.4 is 0 Å². The molecule has 0 bridgehead atoms. The Labute approximate surface area is 277 Å². The van der Waals surface area contributed by atoms with Crippen LogP contribution in [-0.4, -0.2) is 19.9 Å². The number of rotatable bonds is 2. The van der Waals surface area contributed by atoms with Gasteiger partial charge in [-0.25, -0.2) is 19.9 Å². The molecular formula is C44H26N4. The van der Waals surface area contributed by atoms with E-state index < -0.39 is 0 Å². The summed E-state index contributed by atoms with van der Waals surface area (Å²) in [6.45, 7) is 0. The molecule has 0 amide bonds. The van der Waals surface area contributed by atoms with Gasteiger partial charge in [-0.15, -0.1) is 0 Å². The first-order chi connectivity index (χ1) is 23.8. The Hall–Kier alpha value is -6.52. The van der Waals surface area contributed by atoms with Crippen LogP contribution in [0.3, 0.4) is 0 Å². The van der Waals surface area contributed by atoms with Gasteiger partial charge in [0.25, 0.3) is 0 Å². The van der Waals surface area contributed by atoms with Crippen molar-refractivity contribution in [1.29, 1.82) is 0 Å². The highest BCUT2D eigenvalue weighted by atomic mass is 14.9.